The van der Waals surface area contributed by atoms with Crippen LogP contribution in [0.2, 0.25) is 0 Å². The number of nitrogens with one attached hydrogen (secondary N) is 1. The van der Waals surface area contributed by atoms with Crippen LogP contribution in [0.5, 0.6) is 5.75 Å². The number of hydrogen-bond acceptors (Lipinski definition) is 6. The molecule has 2 aromatic rings. The molecular formula is C16H16N2O6S. The van der Waals surface area contributed by atoms with Gasteiger partial charge < -0.3 is 9.53 Å². The molecule has 0 saturated carbocycles. The molecule has 1 atom stereocenters. The van der Waals surface area contributed by atoms with Crippen molar-refractivity contribution < 1.29 is 22.9 Å². The lowest BCUT2D eigenvalue weighted by molar-refractivity contribution is -0.387. The molecule has 1 unspecified atom stereocenters. The Morgan fingerprint density at radius 2 is 1.76 bits per heavy atom. The van der Waals surface area contributed by atoms with E-state index in [1.807, 2.05) is 0 Å². The third kappa shape index (κ3) is 3.83. The number of carbonyl (C=O) groups excluding carboxylic acids is 1. The summed E-state index contributed by atoms with van der Waals surface area (Å²) in [5, 5.41) is 11.1. The summed E-state index contributed by atoms with van der Waals surface area (Å²) in [6.07, 6.45) is 0.432. The molecule has 0 amide bonds. The van der Waals surface area contributed by atoms with Crippen molar-refractivity contribution in [3.05, 3.63) is 64.2 Å². The second kappa shape index (κ2) is 6.99. The molecule has 1 N–H and O–H groups in total. The van der Waals surface area contributed by atoms with Gasteiger partial charge >= 0.3 is 0 Å². The van der Waals surface area contributed by atoms with Gasteiger partial charge in [-0.2, -0.15) is 4.72 Å². The molecule has 0 fully saturated rings. The van der Waals surface area contributed by atoms with Gasteiger partial charge in [-0.05, 0) is 30.7 Å². The molecule has 2 aromatic carbocycles. The zero-order valence-corrected chi connectivity index (χ0v) is 14.3. The number of ether oxygens (including phenoxy) is 1. The maximum atomic E-state index is 12.6. The van der Waals surface area contributed by atoms with Gasteiger partial charge in [0.15, 0.2) is 4.90 Å². The molecule has 0 radical (unpaired) electrons. The van der Waals surface area contributed by atoms with Crippen LogP contribution in [0.4, 0.5) is 5.69 Å². The Labute approximate surface area is 144 Å². The fourth-order valence-electron chi connectivity index (χ4n) is 2.26. The van der Waals surface area contributed by atoms with Crippen LogP contribution >= 0.6 is 0 Å². The van der Waals surface area contributed by atoms with Crippen LogP contribution in [0.25, 0.3) is 0 Å². The maximum Gasteiger partial charge on any atom is 0.289 e. The van der Waals surface area contributed by atoms with Gasteiger partial charge in [0.25, 0.3) is 5.69 Å². The van der Waals surface area contributed by atoms with E-state index in [4.69, 9.17) is 4.74 Å². The zero-order valence-electron chi connectivity index (χ0n) is 13.5. The monoisotopic (exact) mass is 364 g/mol. The molecule has 0 aliphatic carbocycles. The van der Waals surface area contributed by atoms with Crippen LogP contribution in [-0.2, 0) is 20.4 Å². The highest BCUT2D eigenvalue weighted by Gasteiger charge is 2.35. The first-order chi connectivity index (χ1) is 11.7. The predicted molar refractivity (Wildman–Crippen MR) is 89.8 cm³/mol. The number of benzene rings is 2. The molecule has 8 nitrogen and oxygen atoms in total. The van der Waals surface area contributed by atoms with E-state index in [2.05, 4.69) is 4.72 Å². The molecule has 0 saturated heterocycles. The van der Waals surface area contributed by atoms with Crippen molar-refractivity contribution in [2.24, 2.45) is 0 Å². The lowest BCUT2D eigenvalue weighted by atomic mass is 9.95. The van der Waals surface area contributed by atoms with Gasteiger partial charge in [-0.1, -0.05) is 24.3 Å². The Bertz CT molecular complexity index is 895. The molecule has 132 valence electrons. The average molecular weight is 364 g/mol. The summed E-state index contributed by atoms with van der Waals surface area (Å²) >= 11 is 0. The SMILES string of the molecule is COc1ccc(C(C)(C=O)NS(=O)(=O)c2ccccc2[N+](=O)[O-])cc1. The normalized spacial score (nSPS) is 13.7. The van der Waals surface area contributed by atoms with Crippen LogP contribution in [-0.4, -0.2) is 26.7 Å². The summed E-state index contributed by atoms with van der Waals surface area (Å²) in [5.74, 6) is 0.540. The number of nitro benzene ring substituents is 1. The number of hydrogen-bond donors (Lipinski definition) is 1. The molecule has 0 heterocycles. The number of nitro groups is 1. The number of carbonyl (C=O) groups is 1. The third-order valence-corrected chi connectivity index (χ3v) is 5.24. The summed E-state index contributed by atoms with van der Waals surface area (Å²) in [6, 6.07) is 11.2. The van der Waals surface area contributed by atoms with Crippen molar-refractivity contribution in [3.8, 4) is 5.75 Å². The van der Waals surface area contributed by atoms with Crippen molar-refractivity contribution >= 4 is 22.0 Å². The molecule has 2 rings (SSSR count). The number of aldehydes is 1. The van der Waals surface area contributed by atoms with Gasteiger partial charge in [0.05, 0.1) is 12.0 Å². The molecule has 9 heteroatoms. The van der Waals surface area contributed by atoms with Crippen LogP contribution in [0, 0.1) is 10.1 Å². The van der Waals surface area contributed by atoms with Crippen molar-refractivity contribution in [3.63, 3.8) is 0 Å². The minimum absolute atomic E-state index is 0.366. The fourth-order valence-corrected chi connectivity index (χ4v) is 3.77. The highest BCUT2D eigenvalue weighted by atomic mass is 32.2. The smallest absolute Gasteiger partial charge is 0.289 e. The summed E-state index contributed by atoms with van der Waals surface area (Å²) in [4.78, 5) is 21.4. The van der Waals surface area contributed by atoms with E-state index in [-0.39, 0.29) is 0 Å². The van der Waals surface area contributed by atoms with Crippen LogP contribution in [0.1, 0.15) is 12.5 Å². The minimum atomic E-state index is -4.32. The second-order valence-electron chi connectivity index (χ2n) is 5.38. The van der Waals surface area contributed by atoms with Gasteiger partial charge in [0.2, 0.25) is 10.0 Å². The van der Waals surface area contributed by atoms with Crippen LogP contribution in [0.3, 0.4) is 0 Å². The van der Waals surface area contributed by atoms with E-state index in [1.165, 1.54) is 38.3 Å². The average Bonchev–Trinajstić information content (AvgIpc) is 2.61. The first-order valence-corrected chi connectivity index (χ1v) is 8.60. The summed E-state index contributed by atoms with van der Waals surface area (Å²) in [7, 11) is -2.85. The topological polar surface area (TPSA) is 116 Å². The number of nitrogens with zero attached hydrogens (tertiary/aromatic N) is 1. The molecule has 0 aliphatic heterocycles. The van der Waals surface area contributed by atoms with Gasteiger partial charge in [0, 0.05) is 6.07 Å². The Balaban J connectivity index is 2.46. The minimum Gasteiger partial charge on any atom is -0.497 e. The Kier molecular flexibility index (Phi) is 5.19. The van der Waals surface area contributed by atoms with Crippen molar-refractivity contribution in [1.82, 2.24) is 4.72 Å². The molecule has 0 spiro atoms. The largest absolute Gasteiger partial charge is 0.497 e. The van der Waals surface area contributed by atoms with Gasteiger partial charge in [-0.15, -0.1) is 0 Å². The zero-order chi connectivity index (χ0) is 18.7. The van der Waals surface area contributed by atoms with Crippen LogP contribution in [0.15, 0.2) is 53.4 Å². The van der Waals surface area contributed by atoms with Gasteiger partial charge in [-0.3, -0.25) is 10.1 Å². The molecule has 25 heavy (non-hydrogen) atoms. The second-order valence-corrected chi connectivity index (χ2v) is 7.03. The maximum absolute atomic E-state index is 12.6. The van der Waals surface area contributed by atoms with Gasteiger partial charge in [0.1, 0.15) is 17.6 Å². The van der Waals surface area contributed by atoms with Crippen molar-refractivity contribution in [2.75, 3.05) is 7.11 Å². The van der Waals surface area contributed by atoms with E-state index >= 15 is 0 Å². The third-order valence-electron chi connectivity index (χ3n) is 3.62. The first-order valence-electron chi connectivity index (χ1n) is 7.12. The number of rotatable bonds is 7. The van der Waals surface area contributed by atoms with E-state index in [0.717, 1.165) is 12.1 Å². The molecule has 0 aromatic heterocycles. The van der Waals surface area contributed by atoms with E-state index < -0.39 is 31.1 Å². The highest BCUT2D eigenvalue weighted by molar-refractivity contribution is 7.89. The quantitative estimate of drug-likeness (QED) is 0.456. The van der Waals surface area contributed by atoms with Gasteiger partial charge in [-0.25, -0.2) is 8.42 Å². The highest BCUT2D eigenvalue weighted by Crippen LogP contribution is 2.27. The van der Waals surface area contributed by atoms with Crippen molar-refractivity contribution in [1.29, 1.82) is 0 Å². The first kappa shape index (κ1) is 18.6. The van der Waals surface area contributed by atoms with E-state index in [1.54, 1.807) is 12.1 Å². The van der Waals surface area contributed by atoms with E-state index in [9.17, 15) is 23.3 Å². The Morgan fingerprint density at radius 3 is 2.28 bits per heavy atom. The summed E-state index contributed by atoms with van der Waals surface area (Å²) in [5.41, 5.74) is -1.81. The predicted octanol–water partition coefficient (Wildman–Crippen LogP) is 2.00. The Morgan fingerprint density at radius 1 is 1.16 bits per heavy atom. The summed E-state index contributed by atoms with van der Waals surface area (Å²) in [6.45, 7) is 1.37. The molecular weight excluding hydrogens is 348 g/mol. The van der Waals surface area contributed by atoms with E-state index in [0.29, 0.717) is 17.6 Å². The number of para-hydroxylation sites is 1. The fraction of sp³-hybridized carbons (Fsp3) is 0.188. The molecule has 0 aliphatic rings. The summed E-state index contributed by atoms with van der Waals surface area (Å²) < 4.78 is 32.5. The van der Waals surface area contributed by atoms with Crippen molar-refractivity contribution in [2.45, 2.75) is 17.4 Å². The lowest BCUT2D eigenvalue weighted by Crippen LogP contribution is -2.44. The Hall–Kier alpha value is -2.78. The standard InChI is InChI=1S/C16H16N2O6S/c1-16(11-19,12-7-9-13(24-2)10-8-12)17-25(22,23)15-6-4-3-5-14(15)18(20)21/h3-11,17H,1-2H3. The number of methoxy groups -OCH3 is 1. The lowest BCUT2D eigenvalue weighted by Gasteiger charge is -2.25. The number of sulfonamides is 1. The van der Waals surface area contributed by atoms with Crippen LogP contribution < -0.4 is 9.46 Å². The molecule has 0 bridgehead atoms.